The quantitative estimate of drug-likeness (QED) is 0.139. The van der Waals surface area contributed by atoms with Crippen LogP contribution in [0, 0.1) is 5.92 Å². The van der Waals surface area contributed by atoms with E-state index in [4.69, 9.17) is 16.6 Å². The highest BCUT2D eigenvalue weighted by atomic mass is 16.4. The van der Waals surface area contributed by atoms with Crippen LogP contribution >= 0.6 is 0 Å². The highest BCUT2D eigenvalue weighted by Gasteiger charge is 2.32. The van der Waals surface area contributed by atoms with E-state index in [0.717, 1.165) is 0 Å². The molecule has 9 N–H and O–H groups in total. The third-order valence-electron chi connectivity index (χ3n) is 5.74. The Hall–Kier alpha value is -4.00. The molecular formula is C24H35N5O8. The smallest absolute Gasteiger partial charge is 0.326 e. The van der Waals surface area contributed by atoms with E-state index >= 15 is 0 Å². The van der Waals surface area contributed by atoms with Crippen LogP contribution in [-0.4, -0.2) is 69.9 Å². The van der Waals surface area contributed by atoms with Crippen molar-refractivity contribution in [2.75, 3.05) is 0 Å². The lowest BCUT2D eigenvalue weighted by Crippen LogP contribution is -2.58. The average Bonchev–Trinajstić information content (AvgIpc) is 2.83. The van der Waals surface area contributed by atoms with Gasteiger partial charge in [-0.2, -0.15) is 0 Å². The molecule has 204 valence electrons. The lowest BCUT2D eigenvalue weighted by Gasteiger charge is -2.26. The second kappa shape index (κ2) is 15.2. The first-order valence-corrected chi connectivity index (χ1v) is 11.8. The van der Waals surface area contributed by atoms with Crippen LogP contribution in [0.15, 0.2) is 30.3 Å². The second-order valence-electron chi connectivity index (χ2n) is 8.73. The van der Waals surface area contributed by atoms with E-state index < -0.39 is 72.1 Å². The minimum atomic E-state index is -1.46. The molecule has 0 radical (unpaired) electrons. The number of nitrogens with two attached hydrogens (primary N) is 2. The fraction of sp³-hybridized carbons (Fsp3) is 0.500. The fourth-order valence-corrected chi connectivity index (χ4v) is 3.38. The number of nitrogens with one attached hydrogen (secondary N) is 3. The third kappa shape index (κ3) is 11.1. The van der Waals surface area contributed by atoms with Gasteiger partial charge in [0.25, 0.3) is 0 Å². The average molecular weight is 522 g/mol. The minimum Gasteiger partial charge on any atom is -0.481 e. The molecule has 0 saturated carbocycles. The minimum absolute atomic E-state index is 0.000270. The molecule has 5 unspecified atom stereocenters. The Morgan fingerprint density at radius 1 is 0.892 bits per heavy atom. The molecule has 4 amide bonds. The van der Waals surface area contributed by atoms with E-state index in [1.807, 2.05) is 0 Å². The molecule has 0 aliphatic rings. The van der Waals surface area contributed by atoms with Crippen LogP contribution in [0.2, 0.25) is 0 Å². The van der Waals surface area contributed by atoms with Crippen molar-refractivity contribution in [1.82, 2.24) is 16.0 Å². The topological polar surface area (TPSA) is 231 Å². The van der Waals surface area contributed by atoms with Crippen LogP contribution < -0.4 is 27.4 Å². The van der Waals surface area contributed by atoms with E-state index in [9.17, 15) is 33.9 Å². The predicted octanol–water partition coefficient (Wildman–Crippen LogP) is -1.12. The molecule has 1 aromatic rings. The van der Waals surface area contributed by atoms with Crippen molar-refractivity contribution < 1.29 is 39.0 Å². The summed E-state index contributed by atoms with van der Waals surface area (Å²) < 4.78 is 0. The molecule has 13 heteroatoms. The summed E-state index contributed by atoms with van der Waals surface area (Å²) in [7, 11) is 0. The van der Waals surface area contributed by atoms with Gasteiger partial charge >= 0.3 is 11.9 Å². The molecule has 0 bridgehead atoms. The summed E-state index contributed by atoms with van der Waals surface area (Å²) >= 11 is 0. The molecule has 37 heavy (non-hydrogen) atoms. The molecule has 1 rings (SSSR count). The molecular weight excluding hydrogens is 486 g/mol. The Kier molecular flexibility index (Phi) is 12.7. The van der Waals surface area contributed by atoms with Gasteiger partial charge in [-0.3, -0.25) is 24.0 Å². The zero-order valence-corrected chi connectivity index (χ0v) is 20.8. The number of rotatable bonds is 16. The molecule has 0 aliphatic carbocycles. The van der Waals surface area contributed by atoms with Crippen molar-refractivity contribution in [2.24, 2.45) is 17.4 Å². The van der Waals surface area contributed by atoms with Gasteiger partial charge in [0.15, 0.2) is 0 Å². The van der Waals surface area contributed by atoms with Crippen molar-refractivity contribution in [2.45, 2.75) is 70.1 Å². The predicted molar refractivity (Wildman–Crippen MR) is 132 cm³/mol. The van der Waals surface area contributed by atoms with Gasteiger partial charge in [0.05, 0.1) is 12.5 Å². The van der Waals surface area contributed by atoms with Crippen molar-refractivity contribution in [3.63, 3.8) is 0 Å². The number of hydrogen-bond acceptors (Lipinski definition) is 7. The van der Waals surface area contributed by atoms with Crippen LogP contribution in [0.4, 0.5) is 0 Å². The summed E-state index contributed by atoms with van der Waals surface area (Å²) in [5.74, 6) is -6.26. The van der Waals surface area contributed by atoms with Gasteiger partial charge < -0.3 is 37.6 Å². The maximum absolute atomic E-state index is 13.1. The summed E-state index contributed by atoms with van der Waals surface area (Å²) in [6.45, 7) is 3.44. The SMILES string of the molecule is CCC(C)C(NC(=O)C(Cc1ccccc1)NC(=O)C(CCC(N)=O)NC(=O)C(N)CC(=O)O)C(=O)O. The van der Waals surface area contributed by atoms with Gasteiger partial charge in [-0.25, -0.2) is 4.79 Å². The van der Waals surface area contributed by atoms with Gasteiger partial charge in [0.2, 0.25) is 23.6 Å². The number of carboxylic acid groups (broad SMARTS) is 2. The van der Waals surface area contributed by atoms with E-state index in [2.05, 4.69) is 16.0 Å². The maximum atomic E-state index is 13.1. The summed E-state index contributed by atoms with van der Waals surface area (Å²) in [6.07, 6.45) is -0.750. The Labute approximate surface area is 214 Å². The third-order valence-corrected chi connectivity index (χ3v) is 5.74. The number of aliphatic carboxylic acids is 2. The number of amides is 4. The zero-order chi connectivity index (χ0) is 28.1. The van der Waals surface area contributed by atoms with Crippen molar-refractivity contribution in [1.29, 1.82) is 0 Å². The normalized spacial score (nSPS) is 14.8. The van der Waals surface area contributed by atoms with Crippen molar-refractivity contribution in [3.8, 4) is 0 Å². The molecule has 1 aromatic carbocycles. The summed E-state index contributed by atoms with van der Waals surface area (Å²) in [5, 5.41) is 25.7. The number of carbonyl (C=O) groups is 6. The Morgan fingerprint density at radius 2 is 1.46 bits per heavy atom. The first-order valence-electron chi connectivity index (χ1n) is 11.8. The maximum Gasteiger partial charge on any atom is 0.326 e. The molecule has 0 spiro atoms. The van der Waals surface area contributed by atoms with Crippen LogP contribution in [0.5, 0.6) is 0 Å². The first kappa shape index (κ1) is 31.0. The van der Waals surface area contributed by atoms with Crippen LogP contribution in [0.25, 0.3) is 0 Å². The van der Waals surface area contributed by atoms with Gasteiger partial charge in [-0.15, -0.1) is 0 Å². The zero-order valence-electron chi connectivity index (χ0n) is 20.8. The van der Waals surface area contributed by atoms with E-state index in [1.54, 1.807) is 44.2 Å². The summed E-state index contributed by atoms with van der Waals surface area (Å²) in [5.41, 5.74) is 11.4. The standard InChI is InChI=1S/C24H35N5O8/c1-3-13(2)20(24(36)37)29-23(35)17(11-14-7-5-4-6-8-14)28-22(34)16(9-10-18(26)30)27-21(33)15(25)12-19(31)32/h4-8,13,15-17,20H,3,9-12,25H2,1-2H3,(H2,26,30)(H,27,33)(H,28,34)(H,29,35)(H,31,32)(H,36,37). The van der Waals surface area contributed by atoms with Gasteiger partial charge in [-0.05, 0) is 17.9 Å². The molecule has 5 atom stereocenters. The van der Waals surface area contributed by atoms with E-state index in [1.165, 1.54) is 0 Å². The molecule has 0 heterocycles. The number of carbonyl (C=O) groups excluding carboxylic acids is 4. The van der Waals surface area contributed by atoms with Gasteiger partial charge in [0, 0.05) is 12.8 Å². The largest absolute Gasteiger partial charge is 0.481 e. The molecule has 0 fully saturated rings. The molecule has 0 aliphatic heterocycles. The Bertz CT molecular complexity index is 971. The lowest BCUT2D eigenvalue weighted by atomic mass is 9.98. The van der Waals surface area contributed by atoms with Crippen LogP contribution in [0.3, 0.4) is 0 Å². The van der Waals surface area contributed by atoms with Crippen LogP contribution in [0.1, 0.15) is 45.1 Å². The summed E-state index contributed by atoms with van der Waals surface area (Å²) in [4.78, 5) is 72.4. The van der Waals surface area contributed by atoms with Gasteiger partial charge in [-0.1, -0.05) is 50.6 Å². The highest BCUT2D eigenvalue weighted by Crippen LogP contribution is 2.10. The molecule has 0 saturated heterocycles. The second-order valence-corrected chi connectivity index (χ2v) is 8.73. The number of primary amides is 1. The number of hydrogen-bond donors (Lipinski definition) is 7. The van der Waals surface area contributed by atoms with Crippen molar-refractivity contribution >= 4 is 35.6 Å². The van der Waals surface area contributed by atoms with Crippen LogP contribution in [-0.2, 0) is 35.2 Å². The monoisotopic (exact) mass is 521 g/mol. The van der Waals surface area contributed by atoms with Crippen molar-refractivity contribution in [3.05, 3.63) is 35.9 Å². The summed E-state index contributed by atoms with van der Waals surface area (Å²) in [6, 6.07) is 3.38. The lowest BCUT2D eigenvalue weighted by molar-refractivity contribution is -0.143. The molecule has 13 nitrogen and oxygen atoms in total. The first-order chi connectivity index (χ1) is 17.3. The van der Waals surface area contributed by atoms with E-state index in [-0.39, 0.29) is 19.3 Å². The Morgan fingerprint density at radius 3 is 1.97 bits per heavy atom. The Balaban J connectivity index is 3.17. The van der Waals surface area contributed by atoms with Gasteiger partial charge in [0.1, 0.15) is 18.1 Å². The fourth-order valence-electron chi connectivity index (χ4n) is 3.38. The molecule has 0 aromatic heterocycles. The van der Waals surface area contributed by atoms with E-state index in [0.29, 0.717) is 12.0 Å². The highest BCUT2D eigenvalue weighted by molar-refractivity contribution is 5.95. The number of carboxylic acids is 2. The number of benzene rings is 1.